The Morgan fingerprint density at radius 2 is 1.76 bits per heavy atom. The fraction of sp³-hybridized carbons (Fsp3) is 0.333. The van der Waals surface area contributed by atoms with Crippen LogP contribution in [0.15, 0.2) is 42.5 Å². The Hall–Kier alpha value is -1.51. The highest BCUT2D eigenvalue weighted by Gasteiger charge is 2.09. The summed E-state index contributed by atoms with van der Waals surface area (Å²) in [6.45, 7) is 7.62. The molecule has 0 amide bonds. The summed E-state index contributed by atoms with van der Waals surface area (Å²) in [6.07, 6.45) is 0. The van der Waals surface area contributed by atoms with Gasteiger partial charge in [0.25, 0.3) is 0 Å². The van der Waals surface area contributed by atoms with Gasteiger partial charge in [-0.1, -0.05) is 61.8 Å². The van der Waals surface area contributed by atoms with E-state index in [0.717, 1.165) is 17.9 Å². The highest BCUT2D eigenvalue weighted by atomic mass is 35.5. The van der Waals surface area contributed by atoms with Crippen LogP contribution in [0, 0.1) is 6.92 Å². The maximum Gasteiger partial charge on any atom is 0.142 e. The van der Waals surface area contributed by atoms with Gasteiger partial charge in [-0.05, 0) is 24.1 Å². The first-order valence-corrected chi connectivity index (χ1v) is 7.64. The maximum atomic E-state index is 6.30. The number of hydrogen-bond donors (Lipinski definition) is 1. The van der Waals surface area contributed by atoms with Crippen molar-refractivity contribution >= 4 is 11.6 Å². The fourth-order valence-corrected chi connectivity index (χ4v) is 2.34. The van der Waals surface area contributed by atoms with Crippen molar-refractivity contribution in [1.82, 2.24) is 5.32 Å². The average Bonchev–Trinajstić information content (AvgIpc) is 2.45. The van der Waals surface area contributed by atoms with Gasteiger partial charge in [0.15, 0.2) is 0 Å². The Kier molecular flexibility index (Phi) is 5.66. The van der Waals surface area contributed by atoms with E-state index in [1.807, 2.05) is 24.3 Å². The molecule has 0 unspecified atom stereocenters. The van der Waals surface area contributed by atoms with Crippen LogP contribution in [0.3, 0.4) is 0 Å². The van der Waals surface area contributed by atoms with Gasteiger partial charge in [0, 0.05) is 18.2 Å². The summed E-state index contributed by atoms with van der Waals surface area (Å²) in [5.74, 6) is 0.774. The second kappa shape index (κ2) is 7.48. The van der Waals surface area contributed by atoms with Crippen LogP contribution >= 0.6 is 11.6 Å². The van der Waals surface area contributed by atoms with E-state index in [4.69, 9.17) is 16.3 Å². The molecule has 1 N–H and O–H groups in total. The smallest absolute Gasteiger partial charge is 0.142 e. The van der Waals surface area contributed by atoms with Crippen LogP contribution in [0.25, 0.3) is 0 Å². The maximum absolute atomic E-state index is 6.30. The van der Waals surface area contributed by atoms with Gasteiger partial charge in [-0.15, -0.1) is 0 Å². The number of aryl methyl sites for hydroxylation is 1. The lowest BCUT2D eigenvalue weighted by Crippen LogP contribution is -2.22. The predicted molar refractivity (Wildman–Crippen MR) is 88.9 cm³/mol. The standard InChI is InChI=1S/C18H22ClNO/c1-13(2)20-11-15-9-6-10-17(19)18(15)21-12-16-8-5-4-7-14(16)3/h4-10,13,20H,11-12H2,1-3H3. The van der Waals surface area contributed by atoms with Crippen LogP contribution in [0.1, 0.15) is 30.5 Å². The first-order valence-electron chi connectivity index (χ1n) is 7.26. The number of nitrogens with one attached hydrogen (secondary N) is 1. The van der Waals surface area contributed by atoms with E-state index in [0.29, 0.717) is 17.7 Å². The molecule has 2 rings (SSSR count). The van der Waals surface area contributed by atoms with Crippen molar-refractivity contribution in [3.05, 3.63) is 64.2 Å². The van der Waals surface area contributed by atoms with Crippen LogP contribution in [0.5, 0.6) is 5.75 Å². The molecule has 0 heterocycles. The van der Waals surface area contributed by atoms with E-state index < -0.39 is 0 Å². The SMILES string of the molecule is Cc1ccccc1COc1c(Cl)cccc1CNC(C)C. The van der Waals surface area contributed by atoms with E-state index in [-0.39, 0.29) is 0 Å². The molecule has 0 aliphatic carbocycles. The first-order chi connectivity index (χ1) is 10.1. The summed E-state index contributed by atoms with van der Waals surface area (Å²) in [6, 6.07) is 14.5. The van der Waals surface area contributed by atoms with Gasteiger partial charge in [0.1, 0.15) is 12.4 Å². The number of rotatable bonds is 6. The Labute approximate surface area is 132 Å². The second-order valence-electron chi connectivity index (χ2n) is 5.48. The highest BCUT2D eigenvalue weighted by molar-refractivity contribution is 6.32. The van der Waals surface area contributed by atoms with Gasteiger partial charge in [0.2, 0.25) is 0 Å². The minimum absolute atomic E-state index is 0.424. The fourth-order valence-electron chi connectivity index (χ4n) is 2.09. The van der Waals surface area contributed by atoms with E-state index >= 15 is 0 Å². The lowest BCUT2D eigenvalue weighted by atomic mass is 10.1. The molecule has 2 aromatic carbocycles. The van der Waals surface area contributed by atoms with Crippen LogP contribution in [0.4, 0.5) is 0 Å². The van der Waals surface area contributed by atoms with Crippen molar-refractivity contribution in [2.75, 3.05) is 0 Å². The van der Waals surface area contributed by atoms with Crippen molar-refractivity contribution in [2.24, 2.45) is 0 Å². The number of benzene rings is 2. The van der Waals surface area contributed by atoms with Crippen LogP contribution in [-0.2, 0) is 13.2 Å². The summed E-state index contributed by atoms with van der Waals surface area (Å²) < 4.78 is 6.00. The number of ether oxygens (including phenoxy) is 1. The molecule has 0 atom stereocenters. The molecule has 112 valence electrons. The molecule has 0 fully saturated rings. The van der Waals surface area contributed by atoms with Gasteiger partial charge < -0.3 is 10.1 Å². The third kappa shape index (κ3) is 4.48. The van der Waals surface area contributed by atoms with Crippen LogP contribution in [-0.4, -0.2) is 6.04 Å². The predicted octanol–water partition coefficient (Wildman–Crippen LogP) is 4.73. The Balaban J connectivity index is 2.13. The number of halogens is 1. The minimum Gasteiger partial charge on any atom is -0.487 e. The molecular formula is C18H22ClNO. The van der Waals surface area contributed by atoms with Gasteiger partial charge >= 0.3 is 0 Å². The van der Waals surface area contributed by atoms with Crippen molar-refractivity contribution in [2.45, 2.75) is 40.0 Å². The monoisotopic (exact) mass is 303 g/mol. The molecule has 3 heteroatoms. The average molecular weight is 304 g/mol. The first kappa shape index (κ1) is 15.9. The molecule has 0 saturated carbocycles. The summed E-state index contributed by atoms with van der Waals surface area (Å²) >= 11 is 6.30. The quantitative estimate of drug-likeness (QED) is 0.833. The van der Waals surface area contributed by atoms with E-state index in [2.05, 4.69) is 44.3 Å². The molecule has 0 aliphatic heterocycles. The minimum atomic E-state index is 0.424. The highest BCUT2D eigenvalue weighted by Crippen LogP contribution is 2.29. The molecular weight excluding hydrogens is 282 g/mol. The van der Waals surface area contributed by atoms with Crippen LogP contribution in [0.2, 0.25) is 5.02 Å². The third-order valence-corrected chi connectivity index (χ3v) is 3.68. The Morgan fingerprint density at radius 1 is 1.05 bits per heavy atom. The van der Waals surface area contributed by atoms with Crippen molar-refractivity contribution in [3.63, 3.8) is 0 Å². The third-order valence-electron chi connectivity index (χ3n) is 3.38. The molecule has 0 saturated heterocycles. The summed E-state index contributed by atoms with van der Waals surface area (Å²) in [7, 11) is 0. The largest absolute Gasteiger partial charge is 0.487 e. The van der Waals surface area contributed by atoms with E-state index in [1.54, 1.807) is 0 Å². The zero-order valence-corrected chi connectivity index (χ0v) is 13.6. The summed E-state index contributed by atoms with van der Waals surface area (Å²) in [4.78, 5) is 0. The number of hydrogen-bond acceptors (Lipinski definition) is 2. The van der Waals surface area contributed by atoms with Crippen LogP contribution < -0.4 is 10.1 Å². The topological polar surface area (TPSA) is 21.3 Å². The molecule has 21 heavy (non-hydrogen) atoms. The molecule has 2 nitrogen and oxygen atoms in total. The van der Waals surface area contributed by atoms with Crippen molar-refractivity contribution in [3.8, 4) is 5.75 Å². The zero-order valence-electron chi connectivity index (χ0n) is 12.8. The molecule has 0 radical (unpaired) electrons. The van der Waals surface area contributed by atoms with Crippen molar-refractivity contribution in [1.29, 1.82) is 0 Å². The molecule has 0 spiro atoms. The van der Waals surface area contributed by atoms with E-state index in [1.165, 1.54) is 11.1 Å². The molecule has 0 aliphatic rings. The van der Waals surface area contributed by atoms with Gasteiger partial charge in [0.05, 0.1) is 5.02 Å². The summed E-state index contributed by atoms with van der Waals surface area (Å²) in [5.41, 5.74) is 3.50. The summed E-state index contributed by atoms with van der Waals surface area (Å²) in [5, 5.41) is 4.06. The molecule has 2 aromatic rings. The molecule has 0 aromatic heterocycles. The van der Waals surface area contributed by atoms with Crippen molar-refractivity contribution < 1.29 is 4.74 Å². The van der Waals surface area contributed by atoms with Gasteiger partial charge in [-0.25, -0.2) is 0 Å². The lowest BCUT2D eigenvalue weighted by molar-refractivity contribution is 0.301. The van der Waals surface area contributed by atoms with Gasteiger partial charge in [-0.2, -0.15) is 0 Å². The zero-order chi connectivity index (χ0) is 15.2. The number of para-hydroxylation sites is 1. The van der Waals surface area contributed by atoms with Gasteiger partial charge in [-0.3, -0.25) is 0 Å². The lowest BCUT2D eigenvalue weighted by Gasteiger charge is -2.16. The second-order valence-corrected chi connectivity index (χ2v) is 5.89. The molecule has 0 bridgehead atoms. The van der Waals surface area contributed by atoms with E-state index in [9.17, 15) is 0 Å². The normalized spacial score (nSPS) is 10.9. The Morgan fingerprint density at radius 3 is 2.48 bits per heavy atom. The Bertz CT molecular complexity index is 596.